The van der Waals surface area contributed by atoms with E-state index in [1.807, 2.05) is 0 Å². The molecule has 1 aromatic carbocycles. The van der Waals surface area contributed by atoms with Gasteiger partial charge in [-0.2, -0.15) is 0 Å². The van der Waals surface area contributed by atoms with Crippen LogP contribution in [0.1, 0.15) is 27.1 Å². The van der Waals surface area contributed by atoms with Gasteiger partial charge in [0.1, 0.15) is 0 Å². The van der Waals surface area contributed by atoms with Crippen LogP contribution < -0.4 is 5.32 Å². The van der Waals surface area contributed by atoms with E-state index in [-0.39, 0.29) is 37.2 Å². The average Bonchev–Trinajstić information content (AvgIpc) is 2.66. The van der Waals surface area contributed by atoms with Crippen molar-refractivity contribution < 1.29 is 14.4 Å². The molecule has 5 nitrogen and oxygen atoms in total. The third-order valence-electron chi connectivity index (χ3n) is 2.88. The third kappa shape index (κ3) is 2.73. The van der Waals surface area contributed by atoms with Gasteiger partial charge in [-0.3, -0.25) is 19.3 Å². The molecule has 0 saturated carbocycles. The summed E-state index contributed by atoms with van der Waals surface area (Å²) in [5, 5.41) is 2.48. The standard InChI is InChI=1S/C14H11BrN2O3/c1-2-6-16-12(18)5-7-17-13(19)10-4-3-9(15)8-11(10)14(17)20/h1,3-4,8H,5-7H2,(H,16,18). The molecule has 6 heteroatoms. The van der Waals surface area contributed by atoms with Crippen molar-refractivity contribution in [1.29, 1.82) is 0 Å². The molecule has 1 N–H and O–H groups in total. The lowest BCUT2D eigenvalue weighted by atomic mass is 10.1. The summed E-state index contributed by atoms with van der Waals surface area (Å²) in [5.41, 5.74) is 0.718. The molecule has 0 aliphatic carbocycles. The fourth-order valence-electron chi connectivity index (χ4n) is 1.92. The number of terminal acetylenes is 1. The molecular formula is C14H11BrN2O3. The van der Waals surface area contributed by atoms with Gasteiger partial charge in [-0.05, 0) is 18.2 Å². The Morgan fingerprint density at radius 2 is 2.00 bits per heavy atom. The summed E-state index contributed by atoms with van der Waals surface area (Å²) in [6.07, 6.45) is 5.06. The van der Waals surface area contributed by atoms with E-state index in [1.165, 1.54) is 0 Å². The number of nitrogens with zero attached hydrogens (tertiary/aromatic N) is 1. The Morgan fingerprint density at radius 1 is 1.30 bits per heavy atom. The van der Waals surface area contributed by atoms with Crippen LogP contribution in [0.2, 0.25) is 0 Å². The van der Waals surface area contributed by atoms with E-state index in [4.69, 9.17) is 6.42 Å². The van der Waals surface area contributed by atoms with Crippen LogP contribution in [0.3, 0.4) is 0 Å². The number of halogens is 1. The quantitative estimate of drug-likeness (QED) is 0.664. The monoisotopic (exact) mass is 334 g/mol. The van der Waals surface area contributed by atoms with Crippen LogP contribution in [0.15, 0.2) is 22.7 Å². The highest BCUT2D eigenvalue weighted by molar-refractivity contribution is 9.10. The SMILES string of the molecule is C#CCNC(=O)CCN1C(=O)c2ccc(Br)cc2C1=O. The Hall–Kier alpha value is -2.13. The Kier molecular flexibility index (Phi) is 4.20. The zero-order valence-corrected chi connectivity index (χ0v) is 12.1. The fraction of sp³-hybridized carbons (Fsp3) is 0.214. The summed E-state index contributed by atoms with van der Waals surface area (Å²) in [7, 11) is 0. The van der Waals surface area contributed by atoms with Gasteiger partial charge in [0.05, 0.1) is 17.7 Å². The summed E-state index contributed by atoms with van der Waals surface area (Å²) >= 11 is 3.26. The lowest BCUT2D eigenvalue weighted by Gasteiger charge is -2.12. The smallest absolute Gasteiger partial charge is 0.261 e. The minimum Gasteiger partial charge on any atom is -0.345 e. The van der Waals surface area contributed by atoms with E-state index >= 15 is 0 Å². The highest BCUT2D eigenvalue weighted by atomic mass is 79.9. The van der Waals surface area contributed by atoms with Gasteiger partial charge in [0.25, 0.3) is 11.8 Å². The van der Waals surface area contributed by atoms with Crippen LogP contribution in [-0.4, -0.2) is 35.7 Å². The molecule has 0 fully saturated rings. The molecule has 102 valence electrons. The predicted molar refractivity (Wildman–Crippen MR) is 76.0 cm³/mol. The molecule has 1 aliphatic rings. The van der Waals surface area contributed by atoms with Gasteiger partial charge in [0.15, 0.2) is 0 Å². The first-order valence-corrected chi connectivity index (χ1v) is 6.70. The van der Waals surface area contributed by atoms with Crippen LogP contribution in [0, 0.1) is 12.3 Å². The number of benzene rings is 1. The number of carbonyl (C=O) groups is 3. The van der Waals surface area contributed by atoms with Crippen molar-refractivity contribution >= 4 is 33.7 Å². The predicted octanol–water partition coefficient (Wildman–Crippen LogP) is 1.18. The molecule has 0 unspecified atom stereocenters. The van der Waals surface area contributed by atoms with E-state index in [9.17, 15) is 14.4 Å². The van der Waals surface area contributed by atoms with E-state index in [0.717, 1.165) is 9.37 Å². The van der Waals surface area contributed by atoms with Crippen LogP contribution in [0.5, 0.6) is 0 Å². The Balaban J connectivity index is 2.06. The summed E-state index contributed by atoms with van der Waals surface area (Å²) in [5.74, 6) is 1.24. The van der Waals surface area contributed by atoms with Crippen molar-refractivity contribution in [1.82, 2.24) is 10.2 Å². The Morgan fingerprint density at radius 3 is 2.70 bits per heavy atom. The first-order chi connectivity index (χ1) is 9.54. The number of fused-ring (bicyclic) bond motifs is 1. The van der Waals surface area contributed by atoms with Crippen molar-refractivity contribution in [2.75, 3.05) is 13.1 Å². The second-order valence-electron chi connectivity index (χ2n) is 4.18. The minimum absolute atomic E-state index is 0.0360. The lowest BCUT2D eigenvalue weighted by Crippen LogP contribution is -2.34. The third-order valence-corrected chi connectivity index (χ3v) is 3.38. The Labute approximate surface area is 124 Å². The van der Waals surface area contributed by atoms with E-state index in [2.05, 4.69) is 27.2 Å². The maximum absolute atomic E-state index is 12.1. The summed E-state index contributed by atoms with van der Waals surface area (Å²) in [6.45, 7) is 0.175. The molecule has 1 aromatic rings. The Bertz CT molecular complexity index is 634. The topological polar surface area (TPSA) is 66.5 Å². The number of imide groups is 1. The molecule has 0 bridgehead atoms. The molecule has 1 heterocycles. The molecule has 0 saturated heterocycles. The van der Waals surface area contributed by atoms with E-state index in [0.29, 0.717) is 11.1 Å². The van der Waals surface area contributed by atoms with Crippen LogP contribution in [-0.2, 0) is 4.79 Å². The van der Waals surface area contributed by atoms with Gasteiger partial charge >= 0.3 is 0 Å². The summed E-state index contributed by atoms with van der Waals surface area (Å²) in [4.78, 5) is 36.7. The average molecular weight is 335 g/mol. The first kappa shape index (κ1) is 14.3. The molecule has 0 spiro atoms. The first-order valence-electron chi connectivity index (χ1n) is 5.90. The number of amides is 3. The molecule has 0 aromatic heterocycles. The molecular weight excluding hydrogens is 324 g/mol. The van der Waals surface area contributed by atoms with Crippen LogP contribution in [0.4, 0.5) is 0 Å². The van der Waals surface area contributed by atoms with Gasteiger partial charge in [-0.25, -0.2) is 0 Å². The lowest BCUT2D eigenvalue weighted by molar-refractivity contribution is -0.120. The molecule has 2 rings (SSSR count). The zero-order chi connectivity index (χ0) is 14.7. The van der Waals surface area contributed by atoms with Crippen molar-refractivity contribution in [3.8, 4) is 12.3 Å². The van der Waals surface area contributed by atoms with Crippen molar-refractivity contribution in [3.05, 3.63) is 33.8 Å². The van der Waals surface area contributed by atoms with Crippen molar-refractivity contribution in [2.24, 2.45) is 0 Å². The molecule has 0 radical (unpaired) electrons. The summed E-state index contributed by atoms with van der Waals surface area (Å²) in [6, 6.07) is 4.90. The number of hydrogen-bond donors (Lipinski definition) is 1. The minimum atomic E-state index is -0.379. The van der Waals surface area contributed by atoms with Crippen LogP contribution >= 0.6 is 15.9 Å². The van der Waals surface area contributed by atoms with Gasteiger partial charge in [0, 0.05) is 17.4 Å². The number of nitrogens with one attached hydrogen (secondary N) is 1. The number of hydrogen-bond acceptors (Lipinski definition) is 3. The maximum atomic E-state index is 12.1. The molecule has 20 heavy (non-hydrogen) atoms. The van der Waals surface area contributed by atoms with Gasteiger partial charge in [0.2, 0.25) is 5.91 Å². The van der Waals surface area contributed by atoms with Crippen molar-refractivity contribution in [2.45, 2.75) is 6.42 Å². The second kappa shape index (κ2) is 5.88. The van der Waals surface area contributed by atoms with Gasteiger partial charge in [-0.1, -0.05) is 21.9 Å². The van der Waals surface area contributed by atoms with Crippen molar-refractivity contribution in [3.63, 3.8) is 0 Å². The normalized spacial score (nSPS) is 13.1. The van der Waals surface area contributed by atoms with Gasteiger partial charge < -0.3 is 5.32 Å². The zero-order valence-electron chi connectivity index (χ0n) is 10.5. The summed E-state index contributed by atoms with van der Waals surface area (Å²) < 4.78 is 0.728. The number of carbonyl (C=O) groups excluding carboxylic acids is 3. The second-order valence-corrected chi connectivity index (χ2v) is 5.10. The van der Waals surface area contributed by atoms with Gasteiger partial charge in [-0.15, -0.1) is 6.42 Å². The van der Waals surface area contributed by atoms with Crippen LogP contribution in [0.25, 0.3) is 0 Å². The maximum Gasteiger partial charge on any atom is 0.261 e. The van der Waals surface area contributed by atoms with E-state index in [1.54, 1.807) is 18.2 Å². The molecule has 3 amide bonds. The highest BCUT2D eigenvalue weighted by Gasteiger charge is 2.35. The highest BCUT2D eigenvalue weighted by Crippen LogP contribution is 2.25. The molecule has 0 atom stereocenters. The van der Waals surface area contributed by atoms with E-state index < -0.39 is 0 Å². The number of rotatable bonds is 4. The fourth-order valence-corrected chi connectivity index (χ4v) is 2.28. The largest absolute Gasteiger partial charge is 0.345 e. The molecule has 1 aliphatic heterocycles.